The molecular weight excluding hydrogens is 452 g/mol. The lowest BCUT2D eigenvalue weighted by molar-refractivity contribution is -0.140. The Morgan fingerprint density at radius 2 is 2.04 bits per heavy atom. The van der Waals surface area contributed by atoms with Crippen LogP contribution in [0.3, 0.4) is 0 Å². The SMILES string of the molecule is CN=C(NCCCC1CCCC1)NCc1nc(C(F)(F)F)cs1.I. The number of nitrogens with one attached hydrogen (secondary N) is 2. The Morgan fingerprint density at radius 1 is 1.33 bits per heavy atom. The number of hydrogen-bond donors (Lipinski definition) is 2. The summed E-state index contributed by atoms with van der Waals surface area (Å²) in [4.78, 5) is 7.66. The molecule has 0 aliphatic heterocycles. The smallest absolute Gasteiger partial charge is 0.356 e. The predicted molar refractivity (Wildman–Crippen MR) is 102 cm³/mol. The second-order valence-electron chi connectivity index (χ2n) is 5.77. The van der Waals surface area contributed by atoms with E-state index in [1.54, 1.807) is 7.05 Å². The molecular formula is C15H24F3IN4S. The maximum atomic E-state index is 12.5. The minimum atomic E-state index is -4.38. The van der Waals surface area contributed by atoms with Gasteiger partial charge in [0.15, 0.2) is 11.7 Å². The number of alkyl halides is 3. The zero-order chi connectivity index (χ0) is 16.7. The average Bonchev–Trinajstić information content (AvgIpc) is 3.17. The zero-order valence-corrected chi connectivity index (χ0v) is 16.8. The highest BCUT2D eigenvalue weighted by Gasteiger charge is 2.33. The van der Waals surface area contributed by atoms with Crippen LogP contribution in [0.5, 0.6) is 0 Å². The fraction of sp³-hybridized carbons (Fsp3) is 0.733. The third kappa shape index (κ3) is 7.12. The Kier molecular flexibility index (Phi) is 9.32. The highest BCUT2D eigenvalue weighted by atomic mass is 127. The van der Waals surface area contributed by atoms with Crippen molar-refractivity contribution in [2.75, 3.05) is 13.6 Å². The van der Waals surface area contributed by atoms with Crippen molar-refractivity contribution in [2.45, 2.75) is 51.2 Å². The number of halogens is 4. The van der Waals surface area contributed by atoms with Gasteiger partial charge in [-0.3, -0.25) is 4.99 Å². The van der Waals surface area contributed by atoms with E-state index in [1.165, 1.54) is 32.1 Å². The van der Waals surface area contributed by atoms with E-state index >= 15 is 0 Å². The lowest BCUT2D eigenvalue weighted by Gasteiger charge is -2.12. The monoisotopic (exact) mass is 476 g/mol. The van der Waals surface area contributed by atoms with Gasteiger partial charge in [-0.05, 0) is 18.8 Å². The lowest BCUT2D eigenvalue weighted by atomic mass is 10.0. The predicted octanol–water partition coefficient (Wildman–Crippen LogP) is 4.42. The van der Waals surface area contributed by atoms with Crippen molar-refractivity contribution in [3.05, 3.63) is 16.1 Å². The van der Waals surface area contributed by atoms with Gasteiger partial charge in [-0.15, -0.1) is 35.3 Å². The van der Waals surface area contributed by atoms with Crippen LogP contribution in [0.2, 0.25) is 0 Å². The first-order valence-electron chi connectivity index (χ1n) is 7.95. The number of aliphatic imine (C=N–C) groups is 1. The van der Waals surface area contributed by atoms with Gasteiger partial charge in [0.05, 0.1) is 6.54 Å². The van der Waals surface area contributed by atoms with Crippen LogP contribution in [0.1, 0.15) is 49.2 Å². The van der Waals surface area contributed by atoms with Gasteiger partial charge in [-0.1, -0.05) is 25.7 Å². The number of guanidine groups is 1. The van der Waals surface area contributed by atoms with Gasteiger partial charge in [-0.25, -0.2) is 4.98 Å². The van der Waals surface area contributed by atoms with E-state index in [0.29, 0.717) is 11.0 Å². The summed E-state index contributed by atoms with van der Waals surface area (Å²) in [6.45, 7) is 1.06. The lowest BCUT2D eigenvalue weighted by Crippen LogP contribution is -2.37. The summed E-state index contributed by atoms with van der Waals surface area (Å²) in [7, 11) is 1.65. The van der Waals surface area contributed by atoms with Crippen LogP contribution < -0.4 is 10.6 Å². The quantitative estimate of drug-likeness (QED) is 0.277. The molecule has 0 spiro atoms. The third-order valence-corrected chi connectivity index (χ3v) is 4.88. The van der Waals surface area contributed by atoms with E-state index in [9.17, 15) is 13.2 Å². The topological polar surface area (TPSA) is 49.3 Å². The molecule has 1 aliphatic carbocycles. The summed E-state index contributed by atoms with van der Waals surface area (Å²) >= 11 is 0.998. The van der Waals surface area contributed by atoms with Gasteiger partial charge in [0.25, 0.3) is 0 Å². The number of hydrogen-bond acceptors (Lipinski definition) is 3. The first-order chi connectivity index (χ1) is 11.0. The number of rotatable bonds is 6. The first-order valence-corrected chi connectivity index (χ1v) is 8.83. The average molecular weight is 476 g/mol. The van der Waals surface area contributed by atoms with Crippen molar-refractivity contribution < 1.29 is 13.2 Å². The molecule has 1 aromatic heterocycles. The molecule has 0 atom stereocenters. The maximum absolute atomic E-state index is 12.5. The minimum absolute atomic E-state index is 0. The molecule has 4 nitrogen and oxygen atoms in total. The molecule has 9 heteroatoms. The molecule has 2 N–H and O–H groups in total. The molecule has 0 amide bonds. The Labute approximate surface area is 161 Å². The molecule has 24 heavy (non-hydrogen) atoms. The molecule has 2 rings (SSSR count). The van der Waals surface area contributed by atoms with Crippen molar-refractivity contribution in [1.82, 2.24) is 15.6 Å². The molecule has 1 saturated carbocycles. The molecule has 1 aromatic rings. The van der Waals surface area contributed by atoms with Crippen molar-refractivity contribution in [1.29, 1.82) is 0 Å². The van der Waals surface area contributed by atoms with Gasteiger partial charge in [0.1, 0.15) is 5.01 Å². The second kappa shape index (κ2) is 10.4. The number of aromatic nitrogens is 1. The van der Waals surface area contributed by atoms with Crippen LogP contribution in [-0.2, 0) is 12.7 Å². The Hall–Kier alpha value is -0.580. The van der Waals surface area contributed by atoms with Gasteiger partial charge in [0.2, 0.25) is 0 Å². The highest BCUT2D eigenvalue weighted by molar-refractivity contribution is 14.0. The molecule has 0 unspecified atom stereocenters. The van der Waals surface area contributed by atoms with E-state index < -0.39 is 11.9 Å². The Balaban J connectivity index is 0.00000288. The highest BCUT2D eigenvalue weighted by Crippen LogP contribution is 2.30. The molecule has 1 fully saturated rings. The molecule has 0 aromatic carbocycles. The van der Waals surface area contributed by atoms with Gasteiger partial charge in [0, 0.05) is 19.0 Å². The third-order valence-electron chi connectivity index (χ3n) is 4.03. The van der Waals surface area contributed by atoms with Crippen LogP contribution in [0.25, 0.3) is 0 Å². The van der Waals surface area contributed by atoms with Crippen LogP contribution in [0.4, 0.5) is 13.2 Å². The molecule has 1 aliphatic rings. The Bertz CT molecular complexity index is 513. The summed E-state index contributed by atoms with van der Waals surface area (Å²) in [6.07, 6.45) is 3.34. The summed E-state index contributed by atoms with van der Waals surface area (Å²) in [5.74, 6) is 1.46. The first kappa shape index (κ1) is 21.5. The van der Waals surface area contributed by atoms with Crippen molar-refractivity contribution in [2.24, 2.45) is 10.9 Å². The molecule has 1 heterocycles. The number of thiazole rings is 1. The summed E-state index contributed by atoms with van der Waals surface area (Å²) in [5.41, 5.74) is -0.834. The van der Waals surface area contributed by atoms with Crippen molar-refractivity contribution in [3.63, 3.8) is 0 Å². The second-order valence-corrected chi connectivity index (χ2v) is 6.71. The summed E-state index contributed by atoms with van der Waals surface area (Å²) in [5, 5.41) is 7.62. The number of nitrogens with zero attached hydrogens (tertiary/aromatic N) is 2. The zero-order valence-electron chi connectivity index (χ0n) is 13.7. The fourth-order valence-corrected chi connectivity index (χ4v) is 3.54. The van der Waals surface area contributed by atoms with Crippen LogP contribution >= 0.6 is 35.3 Å². The molecule has 0 bridgehead atoms. The normalized spacial score (nSPS) is 16.1. The van der Waals surface area contributed by atoms with Crippen LogP contribution in [-0.4, -0.2) is 24.5 Å². The van der Waals surface area contributed by atoms with Gasteiger partial charge >= 0.3 is 6.18 Å². The molecule has 0 saturated heterocycles. The van der Waals surface area contributed by atoms with Crippen LogP contribution in [0, 0.1) is 5.92 Å². The van der Waals surface area contributed by atoms with Crippen LogP contribution in [0.15, 0.2) is 10.4 Å². The summed E-state index contributed by atoms with van der Waals surface area (Å²) in [6, 6.07) is 0. The standard InChI is InChI=1S/C15H23F3N4S.HI/c1-19-14(20-8-4-7-11-5-2-3-6-11)21-9-13-22-12(10-23-13)15(16,17)18;/h10-11H,2-9H2,1H3,(H2,19,20,21);1H. The minimum Gasteiger partial charge on any atom is -0.356 e. The largest absolute Gasteiger partial charge is 0.434 e. The fourth-order valence-electron chi connectivity index (χ4n) is 2.80. The van der Waals surface area contributed by atoms with E-state index in [1.807, 2.05) is 0 Å². The van der Waals surface area contributed by atoms with E-state index in [-0.39, 0.29) is 30.5 Å². The molecule has 138 valence electrons. The Morgan fingerprint density at radius 3 is 2.62 bits per heavy atom. The maximum Gasteiger partial charge on any atom is 0.434 e. The van der Waals surface area contributed by atoms with E-state index in [4.69, 9.17) is 0 Å². The van der Waals surface area contributed by atoms with Gasteiger partial charge in [-0.2, -0.15) is 13.2 Å². The van der Waals surface area contributed by atoms with Crippen molar-refractivity contribution in [3.8, 4) is 0 Å². The van der Waals surface area contributed by atoms with E-state index in [0.717, 1.165) is 35.6 Å². The van der Waals surface area contributed by atoms with Gasteiger partial charge < -0.3 is 10.6 Å². The summed E-state index contributed by atoms with van der Waals surface area (Å²) < 4.78 is 37.5. The van der Waals surface area contributed by atoms with E-state index in [2.05, 4.69) is 20.6 Å². The van der Waals surface area contributed by atoms with Crippen molar-refractivity contribution >= 4 is 41.3 Å². The molecule has 0 radical (unpaired) electrons.